The fraction of sp³-hybridized carbons (Fsp3) is 0.600. The van der Waals surface area contributed by atoms with E-state index in [0.29, 0.717) is 18.1 Å². The van der Waals surface area contributed by atoms with Crippen molar-refractivity contribution in [3.8, 4) is 0 Å². The summed E-state index contributed by atoms with van der Waals surface area (Å²) in [6, 6.07) is 7.78. The molecule has 2 aliphatic rings. The number of benzene rings is 1. The number of hydrogen-bond acceptors (Lipinski definition) is 2. The Morgan fingerprint density at radius 3 is 2.16 bits per heavy atom. The predicted molar refractivity (Wildman–Crippen MR) is 99.6 cm³/mol. The molecule has 1 aliphatic heterocycles. The van der Waals surface area contributed by atoms with Crippen LogP contribution >= 0.6 is 11.6 Å². The van der Waals surface area contributed by atoms with Gasteiger partial charge in [0.1, 0.15) is 0 Å². The Balaban J connectivity index is 1.74. The van der Waals surface area contributed by atoms with Gasteiger partial charge in [-0.05, 0) is 43.4 Å². The van der Waals surface area contributed by atoms with Crippen molar-refractivity contribution in [1.29, 1.82) is 0 Å². The summed E-state index contributed by atoms with van der Waals surface area (Å²) in [6.45, 7) is 1.36. The summed E-state index contributed by atoms with van der Waals surface area (Å²) in [4.78, 5) is 29.2. The lowest BCUT2D eigenvalue weighted by Crippen LogP contribution is -2.50. The molecular formula is C20H27ClN2O2. The van der Waals surface area contributed by atoms with Crippen molar-refractivity contribution in [3.05, 3.63) is 34.9 Å². The molecule has 2 amide bonds. The Labute approximate surface area is 155 Å². The Hall–Kier alpha value is -1.55. The smallest absolute Gasteiger partial charge is 0.233 e. The summed E-state index contributed by atoms with van der Waals surface area (Å²) in [5.41, 5.74) is 0.689. The summed E-state index contributed by atoms with van der Waals surface area (Å²) >= 11 is 6.03. The first-order chi connectivity index (χ1) is 11.9. The van der Waals surface area contributed by atoms with E-state index in [1.54, 1.807) is 19.0 Å². The number of likely N-dealkylation sites (tertiary alicyclic amines) is 1. The number of rotatable bonds is 3. The molecule has 1 heterocycles. The summed E-state index contributed by atoms with van der Waals surface area (Å²) in [7, 11) is 3.60. The van der Waals surface area contributed by atoms with Gasteiger partial charge in [-0.3, -0.25) is 9.59 Å². The molecule has 1 aromatic carbocycles. The molecule has 3 rings (SSSR count). The highest BCUT2D eigenvalue weighted by molar-refractivity contribution is 6.30. The van der Waals surface area contributed by atoms with E-state index in [4.69, 9.17) is 11.6 Å². The predicted octanol–water partition coefficient (Wildman–Crippen LogP) is 3.48. The lowest BCUT2D eigenvalue weighted by atomic mass is 9.77. The maximum absolute atomic E-state index is 13.4. The Bertz CT molecular complexity index is 628. The minimum atomic E-state index is -0.400. The van der Waals surface area contributed by atoms with Crippen molar-refractivity contribution in [2.24, 2.45) is 5.92 Å². The lowest BCUT2D eigenvalue weighted by molar-refractivity contribution is -0.142. The molecule has 0 atom stereocenters. The number of piperidine rings is 1. The molecule has 0 aromatic heterocycles. The number of carbonyl (C=O) groups excluding carboxylic acids is 2. The molecule has 1 saturated carbocycles. The van der Waals surface area contributed by atoms with Crippen molar-refractivity contribution < 1.29 is 9.59 Å². The summed E-state index contributed by atoms with van der Waals surface area (Å²) < 4.78 is 0. The second-order valence-electron chi connectivity index (χ2n) is 7.60. The van der Waals surface area contributed by atoms with Gasteiger partial charge in [0.2, 0.25) is 11.8 Å². The van der Waals surface area contributed by atoms with Gasteiger partial charge in [0.25, 0.3) is 0 Å². The molecule has 1 aliphatic carbocycles. The zero-order chi connectivity index (χ0) is 18.0. The highest BCUT2D eigenvalue weighted by Crippen LogP contribution is 2.43. The van der Waals surface area contributed by atoms with Gasteiger partial charge in [0.15, 0.2) is 0 Å². The number of nitrogens with zero attached hydrogens (tertiary/aromatic N) is 2. The molecule has 0 spiro atoms. The maximum atomic E-state index is 13.4. The maximum Gasteiger partial charge on any atom is 0.233 e. The van der Waals surface area contributed by atoms with Gasteiger partial charge in [0.05, 0.1) is 5.41 Å². The van der Waals surface area contributed by atoms with Crippen molar-refractivity contribution >= 4 is 23.4 Å². The Kier molecular flexibility index (Phi) is 5.38. The van der Waals surface area contributed by atoms with Crippen LogP contribution in [0.3, 0.4) is 0 Å². The monoisotopic (exact) mass is 362 g/mol. The molecule has 2 fully saturated rings. The van der Waals surface area contributed by atoms with Crippen LogP contribution in [-0.4, -0.2) is 48.8 Å². The SMILES string of the molecule is CN(C)C(=O)C1CCN(C(=O)C2(c3ccc(Cl)cc3)CCCC2)CC1. The molecule has 136 valence electrons. The van der Waals surface area contributed by atoms with Crippen LogP contribution in [0.2, 0.25) is 5.02 Å². The van der Waals surface area contributed by atoms with Crippen LogP contribution in [-0.2, 0) is 15.0 Å². The average molecular weight is 363 g/mol. The van der Waals surface area contributed by atoms with E-state index in [9.17, 15) is 9.59 Å². The standard InChI is InChI=1S/C20H27ClN2O2/c1-22(2)18(24)15-9-13-23(14-10-15)19(25)20(11-3-4-12-20)16-5-7-17(21)8-6-16/h5-8,15H,3-4,9-14H2,1-2H3. The molecule has 1 aromatic rings. The first kappa shape index (κ1) is 18.2. The van der Waals surface area contributed by atoms with E-state index < -0.39 is 5.41 Å². The summed E-state index contributed by atoms with van der Waals surface area (Å²) in [5, 5.41) is 0.701. The van der Waals surface area contributed by atoms with E-state index in [1.807, 2.05) is 29.2 Å². The Morgan fingerprint density at radius 2 is 1.64 bits per heavy atom. The van der Waals surface area contributed by atoms with Gasteiger partial charge >= 0.3 is 0 Å². The third kappa shape index (κ3) is 3.55. The van der Waals surface area contributed by atoms with Crippen LogP contribution in [0.15, 0.2) is 24.3 Å². The van der Waals surface area contributed by atoms with Crippen LogP contribution in [0.4, 0.5) is 0 Å². The van der Waals surface area contributed by atoms with Gasteiger partial charge in [-0.15, -0.1) is 0 Å². The second-order valence-corrected chi connectivity index (χ2v) is 8.03. The molecule has 0 radical (unpaired) electrons. The highest BCUT2D eigenvalue weighted by Gasteiger charge is 2.45. The van der Waals surface area contributed by atoms with Gasteiger partial charge in [-0.1, -0.05) is 36.6 Å². The fourth-order valence-corrected chi connectivity index (χ4v) is 4.50. The van der Waals surface area contributed by atoms with Crippen molar-refractivity contribution in [2.75, 3.05) is 27.2 Å². The summed E-state index contributed by atoms with van der Waals surface area (Å²) in [5.74, 6) is 0.470. The van der Waals surface area contributed by atoms with Gasteiger partial charge in [-0.25, -0.2) is 0 Å². The van der Waals surface area contributed by atoms with Crippen LogP contribution < -0.4 is 0 Å². The van der Waals surface area contributed by atoms with E-state index in [2.05, 4.69) is 0 Å². The van der Waals surface area contributed by atoms with E-state index in [0.717, 1.165) is 44.1 Å². The fourth-order valence-electron chi connectivity index (χ4n) is 4.37. The van der Waals surface area contributed by atoms with Crippen LogP contribution in [0.25, 0.3) is 0 Å². The van der Waals surface area contributed by atoms with Gasteiger partial charge in [0, 0.05) is 38.1 Å². The molecular weight excluding hydrogens is 336 g/mol. The largest absolute Gasteiger partial charge is 0.349 e. The molecule has 1 saturated heterocycles. The first-order valence-electron chi connectivity index (χ1n) is 9.20. The molecule has 0 unspecified atom stereocenters. The number of hydrogen-bond donors (Lipinski definition) is 0. The van der Waals surface area contributed by atoms with E-state index >= 15 is 0 Å². The van der Waals surface area contributed by atoms with Gasteiger partial charge in [-0.2, -0.15) is 0 Å². The van der Waals surface area contributed by atoms with Crippen molar-refractivity contribution in [3.63, 3.8) is 0 Å². The van der Waals surface area contributed by atoms with E-state index in [1.165, 1.54) is 0 Å². The number of halogens is 1. The molecule has 0 N–H and O–H groups in total. The number of amides is 2. The molecule has 5 heteroatoms. The number of carbonyl (C=O) groups is 2. The van der Waals surface area contributed by atoms with Crippen molar-refractivity contribution in [1.82, 2.24) is 9.80 Å². The van der Waals surface area contributed by atoms with Gasteiger partial charge < -0.3 is 9.80 Å². The quantitative estimate of drug-likeness (QED) is 0.826. The highest BCUT2D eigenvalue weighted by atomic mass is 35.5. The summed E-state index contributed by atoms with van der Waals surface area (Å²) in [6.07, 6.45) is 5.51. The average Bonchev–Trinajstić information content (AvgIpc) is 3.12. The van der Waals surface area contributed by atoms with Crippen molar-refractivity contribution in [2.45, 2.75) is 43.9 Å². The first-order valence-corrected chi connectivity index (χ1v) is 9.58. The minimum Gasteiger partial charge on any atom is -0.349 e. The zero-order valence-electron chi connectivity index (χ0n) is 15.1. The molecule has 4 nitrogen and oxygen atoms in total. The van der Waals surface area contributed by atoms with E-state index in [-0.39, 0.29) is 17.7 Å². The molecule has 25 heavy (non-hydrogen) atoms. The van der Waals surface area contributed by atoms with Crippen LogP contribution in [0, 0.1) is 5.92 Å². The lowest BCUT2D eigenvalue weighted by Gasteiger charge is -2.39. The zero-order valence-corrected chi connectivity index (χ0v) is 15.9. The van der Waals surface area contributed by atoms with Crippen LogP contribution in [0.1, 0.15) is 44.1 Å². The normalized spacial score (nSPS) is 20.5. The third-order valence-corrected chi connectivity index (χ3v) is 6.09. The van der Waals surface area contributed by atoms with Crippen LogP contribution in [0.5, 0.6) is 0 Å². The molecule has 0 bridgehead atoms. The Morgan fingerprint density at radius 1 is 1.08 bits per heavy atom. The third-order valence-electron chi connectivity index (χ3n) is 5.84. The minimum absolute atomic E-state index is 0.0501. The topological polar surface area (TPSA) is 40.6 Å². The second kappa shape index (κ2) is 7.36.